The maximum absolute atomic E-state index is 16.0. The highest BCUT2D eigenvalue weighted by Crippen LogP contribution is 2.38. The summed E-state index contributed by atoms with van der Waals surface area (Å²) in [6.45, 7) is 3.97. The topological polar surface area (TPSA) is 93.7 Å². The van der Waals surface area contributed by atoms with Crippen molar-refractivity contribution in [2.75, 3.05) is 67.5 Å². The van der Waals surface area contributed by atoms with Crippen LogP contribution < -0.4 is 14.9 Å². The molecule has 1 atom stereocenters. The van der Waals surface area contributed by atoms with Gasteiger partial charge in [0.1, 0.15) is 12.1 Å². The van der Waals surface area contributed by atoms with Crippen molar-refractivity contribution >= 4 is 61.5 Å². The van der Waals surface area contributed by atoms with E-state index in [0.29, 0.717) is 61.7 Å². The quantitative estimate of drug-likeness (QED) is 0.0773. The molecular formula is C44H44ClF4N7O2S2. The first-order chi connectivity index (χ1) is 28.7. The summed E-state index contributed by atoms with van der Waals surface area (Å²) in [5, 5.41) is 3.51. The SMILES string of the molecule is CN(C)CC[C@H](CSc1ccccc1)Nc1ccc(S(=O)(=O)Nc2ncnc3cc(N4CCN(Cc5ccccc5-c5ccc(Cl)cc5)CC4)cc(F)c23)cc1C(F)(F)F. The highest BCUT2D eigenvalue weighted by Gasteiger charge is 2.36. The Kier molecular flexibility index (Phi) is 13.5. The van der Waals surface area contributed by atoms with E-state index in [1.807, 2.05) is 90.6 Å². The van der Waals surface area contributed by atoms with Crippen LogP contribution in [0.4, 0.5) is 34.8 Å². The van der Waals surface area contributed by atoms with Crippen LogP contribution >= 0.6 is 23.4 Å². The molecule has 2 N–H and O–H groups in total. The number of halogens is 5. The van der Waals surface area contributed by atoms with Gasteiger partial charge in [-0.15, -0.1) is 11.8 Å². The number of anilines is 3. The molecule has 2 heterocycles. The summed E-state index contributed by atoms with van der Waals surface area (Å²) < 4.78 is 89.3. The molecule has 6 aromatic rings. The second kappa shape index (κ2) is 18.8. The molecule has 7 rings (SSSR count). The van der Waals surface area contributed by atoms with Gasteiger partial charge >= 0.3 is 6.18 Å². The summed E-state index contributed by atoms with van der Waals surface area (Å²) in [7, 11) is -0.902. The van der Waals surface area contributed by atoms with Gasteiger partial charge in [-0.1, -0.05) is 66.2 Å². The molecule has 0 aliphatic carbocycles. The number of thioether (sulfide) groups is 1. The predicted octanol–water partition coefficient (Wildman–Crippen LogP) is 9.76. The summed E-state index contributed by atoms with van der Waals surface area (Å²) >= 11 is 7.63. The third kappa shape index (κ3) is 10.7. The zero-order valence-electron chi connectivity index (χ0n) is 33.0. The molecule has 9 nitrogen and oxygen atoms in total. The Hall–Kier alpha value is -4.93. The maximum atomic E-state index is 16.0. The number of rotatable bonds is 15. The highest BCUT2D eigenvalue weighted by atomic mass is 35.5. The van der Waals surface area contributed by atoms with Gasteiger partial charge in [0.2, 0.25) is 0 Å². The zero-order valence-corrected chi connectivity index (χ0v) is 35.4. The van der Waals surface area contributed by atoms with Crippen LogP contribution in [0.2, 0.25) is 5.02 Å². The van der Waals surface area contributed by atoms with Gasteiger partial charge < -0.3 is 15.1 Å². The number of alkyl halides is 3. The summed E-state index contributed by atoms with van der Waals surface area (Å²) in [6, 6.07) is 30.9. The fourth-order valence-electron chi connectivity index (χ4n) is 7.14. The lowest BCUT2D eigenvalue weighted by Crippen LogP contribution is -2.46. The second-order valence-corrected chi connectivity index (χ2v) is 18.1. The fourth-order valence-corrected chi connectivity index (χ4v) is 9.31. The summed E-state index contributed by atoms with van der Waals surface area (Å²) in [5.74, 6) is -0.680. The largest absolute Gasteiger partial charge is 0.418 e. The number of sulfonamides is 1. The van der Waals surface area contributed by atoms with Crippen LogP contribution in [-0.4, -0.2) is 86.8 Å². The molecule has 0 bridgehead atoms. The van der Waals surface area contributed by atoms with Crippen molar-refractivity contribution in [1.82, 2.24) is 19.8 Å². The van der Waals surface area contributed by atoms with E-state index in [0.717, 1.165) is 41.0 Å². The molecule has 60 heavy (non-hydrogen) atoms. The molecule has 1 fully saturated rings. The molecule has 5 aromatic carbocycles. The standard InChI is InChI=1S/C44H44ClF4N7O2S2/c1-54(2)19-18-33(28-59-35-9-4-3-5-10-35)52-40-17-16-36(26-38(40)44(47,48)49)60(57,58)53-43-42-39(46)24-34(25-41(42)50-29-51-43)56-22-20-55(21-23-56)27-31-8-6-7-11-37(31)30-12-14-32(45)15-13-30/h3-17,24-26,29,33,52H,18-23,27-28H2,1-2H3,(H,50,51,53)/t33-/m1/s1. The zero-order chi connectivity index (χ0) is 42.4. The average Bonchev–Trinajstić information content (AvgIpc) is 3.22. The number of hydrogen-bond acceptors (Lipinski definition) is 9. The first-order valence-electron chi connectivity index (χ1n) is 19.3. The van der Waals surface area contributed by atoms with Gasteiger partial charge in [-0.05, 0) is 98.3 Å². The van der Waals surface area contributed by atoms with Gasteiger partial charge in [0.15, 0.2) is 5.82 Å². The molecular weight excluding hydrogens is 834 g/mol. The minimum atomic E-state index is -4.88. The Morgan fingerprint density at radius 2 is 1.60 bits per heavy atom. The normalized spacial score (nSPS) is 14.4. The number of hydrogen-bond donors (Lipinski definition) is 2. The first kappa shape index (κ1) is 43.2. The van der Waals surface area contributed by atoms with Crippen LogP contribution in [0.1, 0.15) is 17.5 Å². The summed E-state index contributed by atoms with van der Waals surface area (Å²) in [6.07, 6.45) is -3.25. The third-order valence-electron chi connectivity index (χ3n) is 10.3. The van der Waals surface area contributed by atoms with Crippen molar-refractivity contribution in [3.05, 3.63) is 137 Å². The molecule has 314 valence electrons. The molecule has 1 aromatic heterocycles. The molecule has 1 aliphatic heterocycles. The van der Waals surface area contributed by atoms with E-state index in [9.17, 15) is 21.6 Å². The van der Waals surface area contributed by atoms with Crippen molar-refractivity contribution in [2.45, 2.75) is 35.0 Å². The van der Waals surface area contributed by atoms with Crippen molar-refractivity contribution < 1.29 is 26.0 Å². The molecule has 0 saturated carbocycles. The Morgan fingerprint density at radius 1 is 0.883 bits per heavy atom. The van der Waals surface area contributed by atoms with Crippen LogP contribution in [0.3, 0.4) is 0 Å². The van der Waals surface area contributed by atoms with Crippen LogP contribution in [0.5, 0.6) is 0 Å². The second-order valence-electron chi connectivity index (χ2n) is 14.8. The summed E-state index contributed by atoms with van der Waals surface area (Å²) in [4.78, 5) is 14.9. The number of nitrogens with zero attached hydrogens (tertiary/aromatic N) is 5. The molecule has 0 spiro atoms. The molecule has 1 aliphatic rings. The van der Waals surface area contributed by atoms with E-state index >= 15 is 4.39 Å². The molecule has 16 heteroatoms. The van der Waals surface area contributed by atoms with Crippen molar-refractivity contribution in [3.63, 3.8) is 0 Å². The van der Waals surface area contributed by atoms with Crippen LogP contribution in [0.25, 0.3) is 22.0 Å². The number of fused-ring (bicyclic) bond motifs is 1. The average molecular weight is 878 g/mol. The fraction of sp³-hybridized carbons (Fsp3) is 0.273. The highest BCUT2D eigenvalue weighted by molar-refractivity contribution is 7.99. The lowest BCUT2D eigenvalue weighted by molar-refractivity contribution is -0.137. The van der Waals surface area contributed by atoms with E-state index < -0.39 is 32.5 Å². The number of aromatic nitrogens is 2. The van der Waals surface area contributed by atoms with Gasteiger partial charge in [0.05, 0.1) is 21.4 Å². The van der Waals surface area contributed by atoms with Gasteiger partial charge in [-0.2, -0.15) is 13.2 Å². The van der Waals surface area contributed by atoms with Gasteiger partial charge in [-0.25, -0.2) is 22.8 Å². The monoisotopic (exact) mass is 877 g/mol. The lowest BCUT2D eigenvalue weighted by Gasteiger charge is -2.36. The third-order valence-corrected chi connectivity index (χ3v) is 13.1. The Labute approximate surface area is 356 Å². The van der Waals surface area contributed by atoms with Crippen LogP contribution in [0.15, 0.2) is 125 Å². The van der Waals surface area contributed by atoms with Crippen molar-refractivity contribution in [3.8, 4) is 11.1 Å². The predicted molar refractivity (Wildman–Crippen MR) is 234 cm³/mol. The van der Waals surface area contributed by atoms with Gasteiger partial charge in [-0.3, -0.25) is 9.62 Å². The van der Waals surface area contributed by atoms with Gasteiger partial charge in [0.25, 0.3) is 10.0 Å². The van der Waals surface area contributed by atoms with Crippen molar-refractivity contribution in [2.24, 2.45) is 0 Å². The molecule has 0 radical (unpaired) electrons. The maximum Gasteiger partial charge on any atom is 0.418 e. The van der Waals surface area contributed by atoms with E-state index in [2.05, 4.69) is 37.0 Å². The first-order valence-corrected chi connectivity index (χ1v) is 22.2. The number of piperazine rings is 1. The summed E-state index contributed by atoms with van der Waals surface area (Å²) in [5.41, 5.74) is 2.71. The Balaban J connectivity index is 1.06. The Morgan fingerprint density at radius 3 is 2.32 bits per heavy atom. The minimum absolute atomic E-state index is 0.143. The number of benzene rings is 5. The smallest absolute Gasteiger partial charge is 0.381 e. The molecule has 0 amide bonds. The number of nitrogens with one attached hydrogen (secondary N) is 2. The van der Waals surface area contributed by atoms with Crippen LogP contribution in [-0.2, 0) is 22.7 Å². The Bertz CT molecular complexity index is 2520. The molecule has 0 unspecified atom stereocenters. The van der Waals surface area contributed by atoms with E-state index in [1.54, 1.807) is 6.07 Å². The van der Waals surface area contributed by atoms with Gasteiger partial charge in [0, 0.05) is 65.8 Å². The van der Waals surface area contributed by atoms with Crippen LogP contribution in [0, 0.1) is 5.82 Å². The lowest BCUT2D eigenvalue weighted by atomic mass is 9.99. The molecule has 1 saturated heterocycles. The van der Waals surface area contributed by atoms with E-state index in [-0.39, 0.29) is 28.5 Å². The van der Waals surface area contributed by atoms with E-state index in [1.165, 1.54) is 23.4 Å². The van der Waals surface area contributed by atoms with E-state index in [4.69, 9.17) is 11.6 Å². The minimum Gasteiger partial charge on any atom is -0.381 e. The van der Waals surface area contributed by atoms with Crippen molar-refractivity contribution in [1.29, 1.82) is 0 Å².